The fraction of sp³-hybridized carbons (Fsp3) is 0.755. The van der Waals surface area contributed by atoms with Crippen LogP contribution in [-0.2, 0) is 28.6 Å². The fourth-order valence-electron chi connectivity index (χ4n) is 6.73. The molecule has 0 saturated carbocycles. The Morgan fingerprint density at radius 3 is 1.14 bits per heavy atom. The molecule has 59 heavy (non-hydrogen) atoms. The highest BCUT2D eigenvalue weighted by Gasteiger charge is 2.19. The molecule has 0 aromatic carbocycles. The zero-order valence-corrected chi connectivity index (χ0v) is 38.8. The highest BCUT2D eigenvalue weighted by atomic mass is 16.6. The van der Waals surface area contributed by atoms with Gasteiger partial charge in [-0.3, -0.25) is 14.4 Å². The van der Waals surface area contributed by atoms with Crippen molar-refractivity contribution in [3.05, 3.63) is 60.8 Å². The Bertz CT molecular complexity index is 1090. The second-order valence-electron chi connectivity index (χ2n) is 16.3. The Hall–Kier alpha value is -2.89. The van der Waals surface area contributed by atoms with Crippen molar-refractivity contribution in [2.24, 2.45) is 0 Å². The molecule has 1 unspecified atom stereocenters. The highest BCUT2D eigenvalue weighted by molar-refractivity contribution is 5.71. The number of ether oxygens (including phenoxy) is 3. The van der Waals surface area contributed by atoms with Crippen LogP contribution in [0.3, 0.4) is 0 Å². The van der Waals surface area contributed by atoms with Gasteiger partial charge in [0.25, 0.3) is 0 Å². The van der Waals surface area contributed by atoms with Crippen LogP contribution < -0.4 is 0 Å². The van der Waals surface area contributed by atoms with Crippen molar-refractivity contribution in [2.45, 2.75) is 245 Å². The third-order valence-electron chi connectivity index (χ3n) is 10.5. The maximum Gasteiger partial charge on any atom is 0.306 e. The summed E-state index contributed by atoms with van der Waals surface area (Å²) in [5.74, 6) is -0.954. The van der Waals surface area contributed by atoms with Crippen LogP contribution >= 0.6 is 0 Å². The molecule has 340 valence electrons. The number of allylic oxidation sites excluding steroid dienone is 10. The molecule has 6 heteroatoms. The van der Waals surface area contributed by atoms with Gasteiger partial charge >= 0.3 is 17.9 Å². The van der Waals surface area contributed by atoms with Crippen LogP contribution in [0.2, 0.25) is 0 Å². The van der Waals surface area contributed by atoms with Crippen LogP contribution in [0, 0.1) is 0 Å². The minimum atomic E-state index is -0.798. The smallest absolute Gasteiger partial charge is 0.306 e. The summed E-state index contributed by atoms with van der Waals surface area (Å²) >= 11 is 0. The molecular formula is C53H92O6. The summed E-state index contributed by atoms with van der Waals surface area (Å²) in [6.07, 6.45) is 57.8. The summed E-state index contributed by atoms with van der Waals surface area (Å²) in [7, 11) is 0. The van der Waals surface area contributed by atoms with Gasteiger partial charge in [-0.05, 0) is 96.3 Å². The summed E-state index contributed by atoms with van der Waals surface area (Å²) in [4.78, 5) is 37.8. The Morgan fingerprint density at radius 1 is 0.356 bits per heavy atom. The average Bonchev–Trinajstić information content (AvgIpc) is 3.23. The van der Waals surface area contributed by atoms with Crippen molar-refractivity contribution in [1.29, 1.82) is 0 Å². The van der Waals surface area contributed by atoms with Crippen LogP contribution in [0.1, 0.15) is 239 Å². The minimum absolute atomic E-state index is 0.0966. The van der Waals surface area contributed by atoms with E-state index >= 15 is 0 Å². The van der Waals surface area contributed by atoms with Crippen LogP contribution in [0.4, 0.5) is 0 Å². The van der Waals surface area contributed by atoms with E-state index < -0.39 is 6.10 Å². The lowest BCUT2D eigenvalue weighted by Gasteiger charge is -2.18. The van der Waals surface area contributed by atoms with Crippen LogP contribution in [0.15, 0.2) is 60.8 Å². The minimum Gasteiger partial charge on any atom is -0.462 e. The van der Waals surface area contributed by atoms with E-state index in [1.165, 1.54) is 109 Å². The third-order valence-corrected chi connectivity index (χ3v) is 10.5. The van der Waals surface area contributed by atoms with Gasteiger partial charge in [0.1, 0.15) is 13.2 Å². The standard InChI is InChI=1S/C53H92O6/c1-4-7-10-13-16-19-22-24-25-26-27-28-29-32-34-37-40-43-46-52(55)58-49-50(48-57-51(54)45-42-39-36-33-30-21-18-15-12-9-6-3)59-53(56)47-44-41-38-35-31-23-20-17-14-11-8-5-2/h8,11,15,17-18,20,27-28,31,35,50H,4-7,9-10,12-14,16,19,21-26,29-30,32-34,36-49H2,1-3H3/b11-8-,18-15-,20-17-,28-27-,35-31-. The fourth-order valence-corrected chi connectivity index (χ4v) is 6.73. The molecule has 1 atom stereocenters. The van der Waals surface area contributed by atoms with Crippen molar-refractivity contribution in [3.63, 3.8) is 0 Å². The lowest BCUT2D eigenvalue weighted by Crippen LogP contribution is -2.30. The van der Waals surface area contributed by atoms with E-state index in [0.29, 0.717) is 19.3 Å². The summed E-state index contributed by atoms with van der Waals surface area (Å²) in [6.45, 7) is 6.43. The van der Waals surface area contributed by atoms with Crippen molar-refractivity contribution in [2.75, 3.05) is 13.2 Å². The maximum absolute atomic E-state index is 12.7. The molecule has 0 N–H and O–H groups in total. The predicted molar refractivity (Wildman–Crippen MR) is 251 cm³/mol. The molecule has 0 radical (unpaired) electrons. The molecule has 0 aromatic heterocycles. The van der Waals surface area contributed by atoms with Gasteiger partial charge in [0.2, 0.25) is 0 Å². The molecule has 0 saturated heterocycles. The second-order valence-corrected chi connectivity index (χ2v) is 16.3. The molecule has 0 aliphatic heterocycles. The summed E-state index contributed by atoms with van der Waals surface area (Å²) in [5, 5.41) is 0. The molecule has 6 nitrogen and oxygen atoms in total. The molecule has 0 amide bonds. The maximum atomic E-state index is 12.7. The monoisotopic (exact) mass is 825 g/mol. The lowest BCUT2D eigenvalue weighted by molar-refractivity contribution is -0.167. The molecule has 0 aromatic rings. The first-order valence-corrected chi connectivity index (χ1v) is 24.8. The van der Waals surface area contributed by atoms with Crippen molar-refractivity contribution in [3.8, 4) is 0 Å². The lowest BCUT2D eigenvalue weighted by atomic mass is 10.1. The zero-order valence-electron chi connectivity index (χ0n) is 38.8. The molecule has 0 bridgehead atoms. The van der Waals surface area contributed by atoms with Gasteiger partial charge in [0, 0.05) is 19.3 Å². The summed E-state index contributed by atoms with van der Waals surface area (Å²) < 4.78 is 16.7. The quantitative estimate of drug-likeness (QED) is 0.0263. The van der Waals surface area contributed by atoms with Gasteiger partial charge < -0.3 is 14.2 Å². The number of carbonyl (C=O) groups is 3. The van der Waals surface area contributed by atoms with E-state index in [2.05, 4.69) is 81.5 Å². The largest absolute Gasteiger partial charge is 0.462 e. The van der Waals surface area contributed by atoms with E-state index in [0.717, 1.165) is 83.5 Å². The van der Waals surface area contributed by atoms with E-state index in [4.69, 9.17) is 14.2 Å². The van der Waals surface area contributed by atoms with Crippen LogP contribution in [0.5, 0.6) is 0 Å². The van der Waals surface area contributed by atoms with Gasteiger partial charge in [0.15, 0.2) is 6.10 Å². The molecule has 0 aliphatic carbocycles. The van der Waals surface area contributed by atoms with E-state index in [1.807, 2.05) is 0 Å². The Balaban J connectivity index is 4.38. The van der Waals surface area contributed by atoms with Crippen LogP contribution in [0.25, 0.3) is 0 Å². The first kappa shape index (κ1) is 56.1. The van der Waals surface area contributed by atoms with Gasteiger partial charge in [-0.15, -0.1) is 0 Å². The number of unbranched alkanes of at least 4 members (excludes halogenated alkanes) is 23. The molecule has 0 spiro atoms. The Kier molecular flexibility index (Phi) is 45.4. The zero-order chi connectivity index (χ0) is 43.0. The molecule has 0 heterocycles. The van der Waals surface area contributed by atoms with Gasteiger partial charge in [0.05, 0.1) is 0 Å². The topological polar surface area (TPSA) is 78.9 Å². The van der Waals surface area contributed by atoms with E-state index in [-0.39, 0.29) is 37.5 Å². The van der Waals surface area contributed by atoms with Crippen molar-refractivity contribution < 1.29 is 28.6 Å². The SMILES string of the molecule is CC/C=C\C/C=C\C/C=C\CCCCC(=O)OC(COC(=O)CCCCCCC/C=C\CCCC)COC(=O)CCCCCCC/C=C\CCCCCCCCCCC. The number of hydrogen-bond donors (Lipinski definition) is 0. The number of rotatable bonds is 44. The average molecular weight is 825 g/mol. The van der Waals surface area contributed by atoms with E-state index in [9.17, 15) is 14.4 Å². The van der Waals surface area contributed by atoms with Crippen molar-refractivity contribution in [1.82, 2.24) is 0 Å². The predicted octanol–water partition coefficient (Wildman–Crippen LogP) is 16.1. The normalized spacial score (nSPS) is 12.5. The summed E-state index contributed by atoms with van der Waals surface area (Å²) in [5.41, 5.74) is 0. The van der Waals surface area contributed by atoms with Crippen LogP contribution in [-0.4, -0.2) is 37.2 Å². The molecule has 0 fully saturated rings. The van der Waals surface area contributed by atoms with Crippen molar-refractivity contribution >= 4 is 17.9 Å². The van der Waals surface area contributed by atoms with E-state index in [1.54, 1.807) is 0 Å². The van der Waals surface area contributed by atoms with Gasteiger partial charge in [-0.1, -0.05) is 184 Å². The number of hydrogen-bond acceptors (Lipinski definition) is 6. The molecule has 0 rings (SSSR count). The van der Waals surface area contributed by atoms with Gasteiger partial charge in [-0.2, -0.15) is 0 Å². The molecule has 0 aliphatic rings. The Labute approximate surface area is 364 Å². The number of carbonyl (C=O) groups excluding carboxylic acids is 3. The first-order valence-electron chi connectivity index (χ1n) is 24.8. The summed E-state index contributed by atoms with van der Waals surface area (Å²) in [6, 6.07) is 0. The van der Waals surface area contributed by atoms with Gasteiger partial charge in [-0.25, -0.2) is 0 Å². The first-order chi connectivity index (χ1) is 29.0. The number of esters is 3. The second kappa shape index (κ2) is 47.8. The third kappa shape index (κ3) is 46.0. The highest BCUT2D eigenvalue weighted by Crippen LogP contribution is 2.14. The Morgan fingerprint density at radius 2 is 0.678 bits per heavy atom. The molecular weight excluding hydrogens is 733 g/mol.